The van der Waals surface area contributed by atoms with Crippen LogP contribution >= 0.6 is 0 Å². The average Bonchev–Trinajstić information content (AvgIpc) is 3.79. The predicted molar refractivity (Wildman–Crippen MR) is 266 cm³/mol. The maximum absolute atomic E-state index is 2.55. The molecule has 0 N–H and O–H groups in total. The Bertz CT molecular complexity index is 3410. The van der Waals surface area contributed by atoms with Crippen LogP contribution in [0.4, 0.5) is 34.1 Å². The van der Waals surface area contributed by atoms with Gasteiger partial charge in [-0.05, 0) is 177 Å². The fourth-order valence-corrected chi connectivity index (χ4v) is 10.9. The highest BCUT2D eigenvalue weighted by atomic mass is 15.1. The summed E-state index contributed by atoms with van der Waals surface area (Å²) in [5.74, 6) is 0. The maximum Gasteiger partial charge on any atom is 0.0732 e. The van der Waals surface area contributed by atoms with Crippen molar-refractivity contribution in [2.24, 2.45) is 0 Å². The van der Waals surface area contributed by atoms with E-state index < -0.39 is 5.41 Å². The second-order valence-corrected chi connectivity index (χ2v) is 17.5. The largest absolute Gasteiger partial charge is 0.310 e. The molecule has 300 valence electrons. The molecule has 2 aliphatic rings. The van der Waals surface area contributed by atoms with E-state index in [1.165, 1.54) is 94.0 Å². The van der Waals surface area contributed by atoms with E-state index in [1.807, 2.05) is 0 Å². The molecule has 12 rings (SSSR count). The van der Waals surface area contributed by atoms with Crippen LogP contribution in [0, 0.1) is 27.7 Å². The third kappa shape index (κ3) is 5.44. The lowest BCUT2D eigenvalue weighted by Gasteiger charge is -2.34. The molecule has 1 spiro atoms. The lowest BCUT2D eigenvalue weighted by atomic mass is 9.69. The summed E-state index contributed by atoms with van der Waals surface area (Å²) in [5.41, 5.74) is 22.0. The first-order valence-corrected chi connectivity index (χ1v) is 22.1. The van der Waals surface area contributed by atoms with Crippen LogP contribution in [0.25, 0.3) is 43.8 Å². The van der Waals surface area contributed by atoms with Gasteiger partial charge in [0.15, 0.2) is 0 Å². The number of para-hydroxylation sites is 2. The molecule has 10 aromatic rings. The van der Waals surface area contributed by atoms with Gasteiger partial charge in [-0.2, -0.15) is 0 Å². The minimum Gasteiger partial charge on any atom is -0.310 e. The van der Waals surface area contributed by atoms with Crippen molar-refractivity contribution in [3.63, 3.8) is 0 Å². The summed E-state index contributed by atoms with van der Waals surface area (Å²) < 4.78 is 0. The Kier molecular flexibility index (Phi) is 8.36. The van der Waals surface area contributed by atoms with Crippen LogP contribution in [0.1, 0.15) is 44.5 Å². The second-order valence-electron chi connectivity index (χ2n) is 17.5. The molecule has 2 heteroatoms. The number of nitrogens with zero attached hydrogens (tertiary/aromatic N) is 2. The van der Waals surface area contributed by atoms with E-state index in [9.17, 15) is 0 Å². The average molecular weight is 807 g/mol. The molecule has 0 unspecified atom stereocenters. The van der Waals surface area contributed by atoms with E-state index in [1.54, 1.807) is 0 Å². The number of benzene rings is 10. The molecular formula is C61H46N2. The van der Waals surface area contributed by atoms with Crippen LogP contribution in [-0.2, 0) is 5.41 Å². The zero-order valence-corrected chi connectivity index (χ0v) is 36.0. The zero-order chi connectivity index (χ0) is 42.4. The van der Waals surface area contributed by atoms with Crippen molar-refractivity contribution in [1.29, 1.82) is 0 Å². The third-order valence-corrected chi connectivity index (χ3v) is 14.1. The normalized spacial score (nSPS) is 12.9. The number of anilines is 6. The van der Waals surface area contributed by atoms with Gasteiger partial charge >= 0.3 is 0 Å². The van der Waals surface area contributed by atoms with E-state index in [0.29, 0.717) is 0 Å². The van der Waals surface area contributed by atoms with Crippen molar-refractivity contribution in [1.82, 2.24) is 0 Å². The standard InChI is InChI=1S/C61H46N2/c1-39-27-30-46(35-41(39)3)62(44-17-7-5-8-18-44)48-32-34-49-43(37-48)29-33-54-59-53-24-12-11-23-52(53)58(63(45-19-9-6-10-20-45)47-31-28-40(2)42(4)36-47)38-57(59)61(60(49)54)55-25-15-13-21-50(55)51-22-14-16-26-56(51)61/h5-38H,1-4H3. The third-order valence-electron chi connectivity index (χ3n) is 14.1. The number of rotatable bonds is 6. The quantitative estimate of drug-likeness (QED) is 0.165. The lowest BCUT2D eigenvalue weighted by Crippen LogP contribution is -2.26. The van der Waals surface area contributed by atoms with Crippen molar-refractivity contribution < 1.29 is 0 Å². The highest BCUT2D eigenvalue weighted by molar-refractivity contribution is 6.15. The van der Waals surface area contributed by atoms with E-state index in [-0.39, 0.29) is 0 Å². The molecule has 0 saturated carbocycles. The van der Waals surface area contributed by atoms with Crippen molar-refractivity contribution in [2.75, 3.05) is 9.80 Å². The van der Waals surface area contributed by atoms with E-state index in [2.05, 4.69) is 244 Å². The first kappa shape index (κ1) is 37.1. The summed E-state index contributed by atoms with van der Waals surface area (Å²) in [7, 11) is 0. The van der Waals surface area contributed by atoms with Gasteiger partial charge in [-0.25, -0.2) is 0 Å². The van der Waals surface area contributed by atoms with Crippen molar-refractivity contribution >= 4 is 55.7 Å². The minimum absolute atomic E-state index is 0.573. The molecule has 0 amide bonds. The van der Waals surface area contributed by atoms with Gasteiger partial charge in [0.1, 0.15) is 0 Å². The smallest absolute Gasteiger partial charge is 0.0732 e. The van der Waals surface area contributed by atoms with E-state index >= 15 is 0 Å². The van der Waals surface area contributed by atoms with Crippen molar-refractivity contribution in [3.05, 3.63) is 251 Å². The Labute approximate surface area is 370 Å². The zero-order valence-electron chi connectivity index (χ0n) is 36.0. The second kappa shape index (κ2) is 14.2. The van der Waals surface area contributed by atoms with Crippen molar-refractivity contribution in [3.8, 4) is 22.3 Å². The van der Waals surface area contributed by atoms with Gasteiger partial charge in [-0.15, -0.1) is 0 Å². The first-order chi connectivity index (χ1) is 30.9. The minimum atomic E-state index is -0.573. The van der Waals surface area contributed by atoms with Crippen LogP contribution < -0.4 is 9.80 Å². The Morgan fingerprint density at radius 2 is 0.825 bits per heavy atom. The molecule has 0 aliphatic heterocycles. The summed E-state index contributed by atoms with van der Waals surface area (Å²) in [6.07, 6.45) is 0. The Hall–Kier alpha value is -7.68. The molecule has 0 bridgehead atoms. The topological polar surface area (TPSA) is 6.48 Å². The molecule has 0 atom stereocenters. The highest BCUT2D eigenvalue weighted by Gasteiger charge is 2.53. The van der Waals surface area contributed by atoms with Gasteiger partial charge in [0.05, 0.1) is 11.1 Å². The summed E-state index contributed by atoms with van der Waals surface area (Å²) in [4.78, 5) is 4.88. The molecule has 2 aliphatic carbocycles. The SMILES string of the molecule is Cc1ccc(N(c2ccccc2)c2ccc3c4c(ccc3c2)-c2c(cc(N(c3ccccc3)c3ccc(C)c(C)c3)c3ccccc23)C42c3ccccc3-c3ccccc32)cc1C. The summed E-state index contributed by atoms with van der Waals surface area (Å²) in [6.45, 7) is 8.81. The fraction of sp³-hybridized carbons (Fsp3) is 0.0820. The Balaban J connectivity index is 1.18. The van der Waals surface area contributed by atoms with E-state index in [0.717, 1.165) is 28.4 Å². The van der Waals surface area contributed by atoms with Gasteiger partial charge in [-0.1, -0.05) is 140 Å². The first-order valence-electron chi connectivity index (χ1n) is 22.1. The molecule has 0 fully saturated rings. The highest BCUT2D eigenvalue weighted by Crippen LogP contribution is 2.66. The molecular weight excluding hydrogens is 761 g/mol. The summed E-state index contributed by atoms with van der Waals surface area (Å²) in [5, 5.41) is 4.97. The summed E-state index contributed by atoms with van der Waals surface area (Å²) in [6, 6.07) is 77.3. The predicted octanol–water partition coefficient (Wildman–Crippen LogP) is 16.5. The molecule has 63 heavy (non-hydrogen) atoms. The van der Waals surface area contributed by atoms with Crippen LogP contribution in [0.15, 0.2) is 206 Å². The van der Waals surface area contributed by atoms with Gasteiger partial charge in [-0.3, -0.25) is 0 Å². The van der Waals surface area contributed by atoms with Gasteiger partial charge in [0.25, 0.3) is 0 Å². The van der Waals surface area contributed by atoms with Gasteiger partial charge in [0, 0.05) is 33.8 Å². The number of fused-ring (bicyclic) bond motifs is 14. The number of hydrogen-bond donors (Lipinski definition) is 0. The van der Waals surface area contributed by atoms with Crippen LogP contribution in [-0.4, -0.2) is 0 Å². The monoisotopic (exact) mass is 806 g/mol. The van der Waals surface area contributed by atoms with Gasteiger partial charge in [0.2, 0.25) is 0 Å². The van der Waals surface area contributed by atoms with Gasteiger partial charge < -0.3 is 9.80 Å². The fourth-order valence-electron chi connectivity index (χ4n) is 10.9. The Morgan fingerprint density at radius 1 is 0.317 bits per heavy atom. The maximum atomic E-state index is 2.55. The van der Waals surface area contributed by atoms with E-state index in [4.69, 9.17) is 0 Å². The molecule has 0 radical (unpaired) electrons. The molecule has 2 nitrogen and oxygen atoms in total. The Morgan fingerprint density at radius 3 is 1.44 bits per heavy atom. The number of aryl methyl sites for hydroxylation is 4. The molecule has 10 aromatic carbocycles. The molecule has 0 saturated heterocycles. The number of hydrogen-bond acceptors (Lipinski definition) is 2. The molecule has 0 heterocycles. The summed E-state index contributed by atoms with van der Waals surface area (Å²) >= 11 is 0. The molecule has 0 aromatic heterocycles. The lowest BCUT2D eigenvalue weighted by molar-refractivity contribution is 0.802. The van der Waals surface area contributed by atoms with Crippen LogP contribution in [0.3, 0.4) is 0 Å². The van der Waals surface area contributed by atoms with Crippen LogP contribution in [0.5, 0.6) is 0 Å². The van der Waals surface area contributed by atoms with Crippen LogP contribution in [0.2, 0.25) is 0 Å². The van der Waals surface area contributed by atoms with Crippen molar-refractivity contribution in [2.45, 2.75) is 33.1 Å².